The minimum Gasteiger partial charge on any atom is -0.357 e. The molecule has 1 saturated heterocycles. The third kappa shape index (κ3) is 0.191. The Labute approximate surface area is 24.6 Å². The molecule has 1 unspecified atom stereocenters. The molecule has 1 aliphatic rings. The molecule has 2 N–H and O–H groups in total. The third-order valence-corrected chi connectivity index (χ3v) is 0.359. The van der Waals surface area contributed by atoms with Gasteiger partial charge in [-0.2, -0.15) is 0 Å². The summed E-state index contributed by atoms with van der Waals surface area (Å²) in [7, 11) is 0. The number of rotatable bonds is 0. The monoisotopic (exact) mass is 59.0 g/mol. The van der Waals surface area contributed by atoms with Crippen LogP contribution >= 0.6 is 0 Å². The SMILES string of the molecule is NC1CO1. The van der Waals surface area contributed by atoms with Crippen LogP contribution in [0.1, 0.15) is 0 Å². The average molecular weight is 59.1 g/mol. The molecule has 0 aromatic carbocycles. The van der Waals surface area contributed by atoms with Crippen molar-refractivity contribution < 1.29 is 4.74 Å². The first-order valence-electron chi connectivity index (χ1n) is 1.27. The number of hydrogen-bond donors (Lipinski definition) is 1. The van der Waals surface area contributed by atoms with Gasteiger partial charge >= 0.3 is 0 Å². The van der Waals surface area contributed by atoms with E-state index in [9.17, 15) is 0 Å². The van der Waals surface area contributed by atoms with Gasteiger partial charge in [0.2, 0.25) is 0 Å². The molecule has 0 aromatic heterocycles. The van der Waals surface area contributed by atoms with Gasteiger partial charge in [0, 0.05) is 0 Å². The molecule has 2 heteroatoms. The Morgan fingerprint density at radius 1 is 2.00 bits per heavy atom. The highest BCUT2D eigenvalue weighted by Crippen LogP contribution is 1.96. The van der Waals surface area contributed by atoms with Crippen LogP contribution in [0.5, 0.6) is 0 Å². The molecular formula is C2H5NO. The van der Waals surface area contributed by atoms with Crippen LogP contribution in [0.25, 0.3) is 0 Å². The van der Waals surface area contributed by atoms with E-state index in [2.05, 4.69) is 4.74 Å². The second-order valence-electron chi connectivity index (χ2n) is 0.872. The van der Waals surface area contributed by atoms with Crippen LogP contribution in [0.15, 0.2) is 0 Å². The van der Waals surface area contributed by atoms with Crippen LogP contribution < -0.4 is 5.73 Å². The molecule has 1 rings (SSSR count). The molecule has 0 radical (unpaired) electrons. The maximum Gasteiger partial charge on any atom is 0.129 e. The van der Waals surface area contributed by atoms with Crippen LogP contribution in [-0.2, 0) is 4.74 Å². The number of ether oxygens (including phenoxy) is 1. The van der Waals surface area contributed by atoms with E-state index < -0.39 is 0 Å². The Morgan fingerprint density at radius 3 is 2.25 bits per heavy atom. The van der Waals surface area contributed by atoms with Crippen molar-refractivity contribution >= 4 is 0 Å². The molecule has 24 valence electrons. The molecule has 1 aliphatic heterocycles. The van der Waals surface area contributed by atoms with Crippen molar-refractivity contribution in [2.75, 3.05) is 6.61 Å². The number of hydrogen-bond acceptors (Lipinski definition) is 2. The highest BCUT2D eigenvalue weighted by molar-refractivity contribution is 4.55. The standard InChI is InChI=1S/C2H5NO/c3-2-1-4-2/h2H,1,3H2. The highest BCUT2D eigenvalue weighted by Gasteiger charge is 2.13. The molecule has 1 fully saturated rings. The van der Waals surface area contributed by atoms with Gasteiger partial charge in [0.1, 0.15) is 6.23 Å². The minimum atomic E-state index is 0.0833. The predicted molar refractivity (Wildman–Crippen MR) is 13.9 cm³/mol. The Morgan fingerprint density at radius 2 is 2.25 bits per heavy atom. The molecule has 1 atom stereocenters. The van der Waals surface area contributed by atoms with Gasteiger partial charge in [-0.25, -0.2) is 0 Å². The lowest BCUT2D eigenvalue weighted by Crippen LogP contribution is -1.97. The van der Waals surface area contributed by atoms with Crippen LogP contribution in [0.3, 0.4) is 0 Å². The Hall–Kier alpha value is -0.0800. The summed E-state index contributed by atoms with van der Waals surface area (Å²) < 4.78 is 4.49. The van der Waals surface area contributed by atoms with Crippen molar-refractivity contribution in [1.82, 2.24) is 0 Å². The maximum atomic E-state index is 5.00. The first-order chi connectivity index (χ1) is 1.89. The lowest BCUT2D eigenvalue weighted by atomic mass is 10.8. The van der Waals surface area contributed by atoms with E-state index in [0.29, 0.717) is 0 Å². The Balaban J connectivity index is 2.17. The van der Waals surface area contributed by atoms with E-state index >= 15 is 0 Å². The fourth-order valence-electron chi connectivity index (χ4n) is 0.0556. The summed E-state index contributed by atoms with van der Waals surface area (Å²) in [6.07, 6.45) is 0.0833. The van der Waals surface area contributed by atoms with E-state index in [1.807, 2.05) is 0 Å². The molecule has 0 saturated carbocycles. The zero-order chi connectivity index (χ0) is 2.99. The summed E-state index contributed by atoms with van der Waals surface area (Å²) in [6.45, 7) is 0.764. The summed E-state index contributed by atoms with van der Waals surface area (Å²) in [4.78, 5) is 0. The van der Waals surface area contributed by atoms with E-state index in [1.54, 1.807) is 0 Å². The summed E-state index contributed by atoms with van der Waals surface area (Å²) in [5.74, 6) is 0. The lowest BCUT2D eigenvalue weighted by Gasteiger charge is -1.55. The molecule has 0 bridgehead atoms. The van der Waals surface area contributed by atoms with Gasteiger partial charge in [-0.1, -0.05) is 0 Å². The number of epoxide rings is 1. The molecule has 2 nitrogen and oxygen atoms in total. The first kappa shape index (κ1) is 2.18. The van der Waals surface area contributed by atoms with Crippen molar-refractivity contribution in [3.05, 3.63) is 0 Å². The lowest BCUT2D eigenvalue weighted by molar-refractivity contribution is 0.415. The molecule has 0 spiro atoms. The van der Waals surface area contributed by atoms with Crippen molar-refractivity contribution in [3.8, 4) is 0 Å². The van der Waals surface area contributed by atoms with Gasteiger partial charge in [0.05, 0.1) is 6.61 Å². The van der Waals surface area contributed by atoms with Gasteiger partial charge in [-0.05, 0) is 0 Å². The van der Waals surface area contributed by atoms with Gasteiger partial charge in [-0.3, -0.25) is 0 Å². The summed E-state index contributed by atoms with van der Waals surface area (Å²) in [5, 5.41) is 0. The second-order valence-corrected chi connectivity index (χ2v) is 0.872. The highest BCUT2D eigenvalue weighted by atomic mass is 16.6. The third-order valence-electron chi connectivity index (χ3n) is 0.359. The Bertz CT molecular complexity index is 25.2. The summed E-state index contributed by atoms with van der Waals surface area (Å²) in [5.41, 5.74) is 5.00. The van der Waals surface area contributed by atoms with Crippen LogP contribution in [0, 0.1) is 0 Å². The maximum absolute atomic E-state index is 5.00. The molecule has 1 heterocycles. The predicted octanol–water partition coefficient (Wildman–Crippen LogP) is -0.699. The average Bonchev–Trinajstić information content (AvgIpc) is 1.75. The Kier molecular flexibility index (Phi) is 0.242. The normalized spacial score (nSPS) is 39.8. The summed E-state index contributed by atoms with van der Waals surface area (Å²) >= 11 is 0. The topological polar surface area (TPSA) is 38.5 Å². The largest absolute Gasteiger partial charge is 0.357 e. The van der Waals surface area contributed by atoms with Crippen LogP contribution in [0.2, 0.25) is 0 Å². The minimum absolute atomic E-state index is 0.0833. The van der Waals surface area contributed by atoms with Crippen molar-refractivity contribution in [2.45, 2.75) is 6.23 Å². The zero-order valence-electron chi connectivity index (χ0n) is 2.27. The van der Waals surface area contributed by atoms with Gasteiger partial charge in [-0.15, -0.1) is 0 Å². The quantitative estimate of drug-likeness (QED) is 0.375. The van der Waals surface area contributed by atoms with E-state index in [0.717, 1.165) is 6.61 Å². The smallest absolute Gasteiger partial charge is 0.129 e. The van der Waals surface area contributed by atoms with Gasteiger partial charge in [0.15, 0.2) is 0 Å². The molecule has 0 aliphatic carbocycles. The molecule has 0 amide bonds. The first-order valence-corrected chi connectivity index (χ1v) is 1.27. The van der Waals surface area contributed by atoms with Crippen molar-refractivity contribution in [1.29, 1.82) is 0 Å². The second kappa shape index (κ2) is 0.445. The molecular weight excluding hydrogens is 54.0 g/mol. The summed E-state index contributed by atoms with van der Waals surface area (Å²) in [6, 6.07) is 0. The van der Waals surface area contributed by atoms with Gasteiger partial charge in [0.25, 0.3) is 0 Å². The van der Waals surface area contributed by atoms with Gasteiger partial charge < -0.3 is 10.5 Å². The molecule has 4 heavy (non-hydrogen) atoms. The fraction of sp³-hybridized carbons (Fsp3) is 1.00. The molecule has 0 aromatic rings. The van der Waals surface area contributed by atoms with Crippen molar-refractivity contribution in [3.63, 3.8) is 0 Å². The fourth-order valence-corrected chi connectivity index (χ4v) is 0.0556. The van der Waals surface area contributed by atoms with Crippen molar-refractivity contribution in [2.24, 2.45) is 5.73 Å². The van der Waals surface area contributed by atoms with Crippen LogP contribution in [-0.4, -0.2) is 12.8 Å². The van der Waals surface area contributed by atoms with E-state index in [-0.39, 0.29) is 6.23 Å². The number of nitrogens with two attached hydrogens (primary N) is 1. The zero-order valence-corrected chi connectivity index (χ0v) is 2.27. The van der Waals surface area contributed by atoms with E-state index in [1.165, 1.54) is 0 Å². The van der Waals surface area contributed by atoms with E-state index in [4.69, 9.17) is 5.73 Å². The van der Waals surface area contributed by atoms with Crippen LogP contribution in [0.4, 0.5) is 0 Å².